The standard InChI is InChI=1S/C27H34ClNO3.C2H6/c1-6-9-10-23-25(22-12-11-21(28)17-24(22)32-23)26(30)20-15-18(4)27(19(5)16-20)31-14-13-29(7-2)8-3;1-2/h11-12,15-17H,6-10,13-14H2,1-5H3;1-2H3. The third-order valence-electron chi connectivity index (χ3n) is 5.98. The molecule has 2 aromatic carbocycles. The van der Waals surface area contributed by atoms with Crippen molar-refractivity contribution in [3.8, 4) is 5.75 Å². The van der Waals surface area contributed by atoms with Crippen LogP contribution in [-0.4, -0.2) is 36.9 Å². The van der Waals surface area contributed by atoms with Crippen LogP contribution >= 0.6 is 11.6 Å². The molecule has 0 saturated carbocycles. The number of unbranched alkanes of at least 4 members (excludes halogenated alkanes) is 1. The molecule has 0 unspecified atom stereocenters. The Bertz CT molecular complexity index is 1060. The first-order valence-corrected chi connectivity index (χ1v) is 13.0. The van der Waals surface area contributed by atoms with Crippen LogP contribution < -0.4 is 4.74 Å². The highest BCUT2D eigenvalue weighted by Gasteiger charge is 2.23. The molecule has 0 aliphatic carbocycles. The highest BCUT2D eigenvalue weighted by Crippen LogP contribution is 2.33. The minimum Gasteiger partial charge on any atom is -0.492 e. The molecule has 186 valence electrons. The zero-order valence-corrected chi connectivity index (χ0v) is 22.6. The quantitative estimate of drug-likeness (QED) is 0.258. The highest BCUT2D eigenvalue weighted by atomic mass is 35.5. The van der Waals surface area contributed by atoms with Gasteiger partial charge in [0.05, 0.1) is 5.56 Å². The molecule has 1 aromatic heterocycles. The number of fused-ring (bicyclic) bond motifs is 1. The van der Waals surface area contributed by atoms with Gasteiger partial charge >= 0.3 is 0 Å². The van der Waals surface area contributed by atoms with Gasteiger partial charge in [-0.15, -0.1) is 0 Å². The van der Waals surface area contributed by atoms with Crippen molar-refractivity contribution in [1.29, 1.82) is 0 Å². The summed E-state index contributed by atoms with van der Waals surface area (Å²) in [5.74, 6) is 1.59. The minimum absolute atomic E-state index is 0.0157. The molecule has 0 aliphatic heterocycles. The van der Waals surface area contributed by atoms with Crippen LogP contribution in [0.4, 0.5) is 0 Å². The number of nitrogens with zero attached hydrogens (tertiary/aromatic N) is 1. The van der Waals surface area contributed by atoms with E-state index in [9.17, 15) is 4.79 Å². The van der Waals surface area contributed by atoms with E-state index in [0.717, 1.165) is 66.9 Å². The average Bonchev–Trinajstić information content (AvgIpc) is 3.19. The number of ether oxygens (including phenoxy) is 1. The molecule has 0 bridgehead atoms. The lowest BCUT2D eigenvalue weighted by molar-refractivity contribution is 0.103. The Hall–Kier alpha value is -2.30. The first-order valence-electron chi connectivity index (χ1n) is 12.6. The molecule has 0 fully saturated rings. The number of hydrogen-bond donors (Lipinski definition) is 0. The Morgan fingerprint density at radius 3 is 2.26 bits per heavy atom. The number of ketones is 1. The van der Waals surface area contributed by atoms with Crippen molar-refractivity contribution in [3.05, 3.63) is 63.4 Å². The van der Waals surface area contributed by atoms with Gasteiger partial charge in [0.15, 0.2) is 5.78 Å². The molecule has 3 aromatic rings. The number of halogens is 1. The van der Waals surface area contributed by atoms with Crippen LogP contribution in [0.5, 0.6) is 5.75 Å². The van der Waals surface area contributed by atoms with E-state index in [0.29, 0.717) is 28.3 Å². The molecular formula is C29H40ClNO3. The third kappa shape index (κ3) is 6.64. The Labute approximate surface area is 210 Å². The van der Waals surface area contributed by atoms with Gasteiger partial charge in [0.1, 0.15) is 23.7 Å². The molecule has 0 radical (unpaired) electrons. The summed E-state index contributed by atoms with van der Waals surface area (Å²) < 4.78 is 12.2. The SMILES string of the molecule is CC.CCCCc1oc2cc(Cl)ccc2c1C(=O)c1cc(C)c(OCCN(CC)CC)c(C)c1. The van der Waals surface area contributed by atoms with Crippen molar-refractivity contribution >= 4 is 28.4 Å². The van der Waals surface area contributed by atoms with Gasteiger partial charge in [0.2, 0.25) is 0 Å². The molecular weight excluding hydrogens is 446 g/mol. The van der Waals surface area contributed by atoms with E-state index >= 15 is 0 Å². The molecule has 0 spiro atoms. The highest BCUT2D eigenvalue weighted by molar-refractivity contribution is 6.31. The monoisotopic (exact) mass is 485 g/mol. The lowest BCUT2D eigenvalue weighted by atomic mass is 9.95. The van der Waals surface area contributed by atoms with E-state index in [-0.39, 0.29) is 5.78 Å². The van der Waals surface area contributed by atoms with Crippen LogP contribution in [0.2, 0.25) is 5.02 Å². The van der Waals surface area contributed by atoms with Crippen molar-refractivity contribution in [2.24, 2.45) is 0 Å². The first-order chi connectivity index (χ1) is 16.4. The molecule has 1 heterocycles. The topological polar surface area (TPSA) is 42.7 Å². The van der Waals surface area contributed by atoms with E-state index < -0.39 is 0 Å². The second-order valence-corrected chi connectivity index (χ2v) is 8.72. The molecule has 5 heteroatoms. The van der Waals surface area contributed by atoms with E-state index in [1.54, 1.807) is 6.07 Å². The number of benzene rings is 2. The number of aryl methyl sites for hydroxylation is 3. The maximum atomic E-state index is 13.6. The van der Waals surface area contributed by atoms with E-state index in [1.165, 1.54) is 0 Å². The van der Waals surface area contributed by atoms with Gasteiger partial charge in [-0.3, -0.25) is 4.79 Å². The fourth-order valence-corrected chi connectivity index (χ4v) is 4.32. The molecule has 0 aliphatic rings. The van der Waals surface area contributed by atoms with Crippen LogP contribution in [0.15, 0.2) is 34.7 Å². The largest absolute Gasteiger partial charge is 0.492 e. The molecule has 0 saturated heterocycles. The molecule has 34 heavy (non-hydrogen) atoms. The molecule has 0 atom stereocenters. The predicted octanol–water partition coefficient (Wildman–Crippen LogP) is 8.02. The summed E-state index contributed by atoms with van der Waals surface area (Å²) in [5, 5.41) is 1.42. The van der Waals surface area contributed by atoms with Crippen LogP contribution in [0.25, 0.3) is 11.0 Å². The summed E-state index contributed by atoms with van der Waals surface area (Å²) in [6.45, 7) is 18.0. The van der Waals surface area contributed by atoms with Gasteiger partial charge < -0.3 is 14.1 Å². The van der Waals surface area contributed by atoms with Crippen molar-refractivity contribution in [2.45, 2.75) is 67.7 Å². The Kier molecular flexibility index (Phi) is 11.1. The normalized spacial score (nSPS) is 11.0. The van der Waals surface area contributed by atoms with E-state index in [4.69, 9.17) is 20.8 Å². The summed E-state index contributed by atoms with van der Waals surface area (Å²) in [4.78, 5) is 16.0. The van der Waals surface area contributed by atoms with Gasteiger partial charge in [0, 0.05) is 35.0 Å². The molecule has 0 amide bonds. The Balaban J connectivity index is 0.00000199. The smallest absolute Gasteiger partial charge is 0.197 e. The van der Waals surface area contributed by atoms with Crippen molar-refractivity contribution in [3.63, 3.8) is 0 Å². The average molecular weight is 486 g/mol. The van der Waals surface area contributed by atoms with E-state index in [2.05, 4.69) is 25.7 Å². The minimum atomic E-state index is -0.0157. The van der Waals surface area contributed by atoms with Gasteiger partial charge in [0.25, 0.3) is 0 Å². The number of furan rings is 1. The first kappa shape index (κ1) is 27.9. The summed E-state index contributed by atoms with van der Waals surface area (Å²) >= 11 is 6.16. The zero-order valence-electron chi connectivity index (χ0n) is 21.9. The van der Waals surface area contributed by atoms with Crippen LogP contribution in [0, 0.1) is 13.8 Å². The van der Waals surface area contributed by atoms with Crippen LogP contribution in [0.3, 0.4) is 0 Å². The predicted molar refractivity (Wildman–Crippen MR) is 144 cm³/mol. The number of likely N-dealkylation sites (N-methyl/N-ethyl adjacent to an activating group) is 1. The number of carbonyl (C=O) groups excluding carboxylic acids is 1. The number of carbonyl (C=O) groups is 1. The van der Waals surface area contributed by atoms with Gasteiger partial charge in [-0.1, -0.05) is 52.6 Å². The summed E-state index contributed by atoms with van der Waals surface area (Å²) in [6.07, 6.45) is 2.72. The second-order valence-electron chi connectivity index (χ2n) is 8.29. The molecule has 0 N–H and O–H groups in total. The fraction of sp³-hybridized carbons (Fsp3) is 0.483. The van der Waals surface area contributed by atoms with Crippen molar-refractivity contribution in [1.82, 2.24) is 4.90 Å². The Morgan fingerprint density at radius 2 is 1.68 bits per heavy atom. The maximum Gasteiger partial charge on any atom is 0.197 e. The van der Waals surface area contributed by atoms with Crippen molar-refractivity contribution in [2.75, 3.05) is 26.2 Å². The fourth-order valence-electron chi connectivity index (χ4n) is 4.15. The summed E-state index contributed by atoms with van der Waals surface area (Å²) in [7, 11) is 0. The van der Waals surface area contributed by atoms with Gasteiger partial charge in [-0.25, -0.2) is 0 Å². The van der Waals surface area contributed by atoms with E-state index in [1.807, 2.05) is 52.0 Å². The Morgan fingerprint density at radius 1 is 1.03 bits per heavy atom. The van der Waals surface area contributed by atoms with Crippen molar-refractivity contribution < 1.29 is 13.9 Å². The molecule has 3 rings (SSSR count). The van der Waals surface area contributed by atoms with Gasteiger partial charge in [-0.2, -0.15) is 0 Å². The lowest BCUT2D eigenvalue weighted by Crippen LogP contribution is -2.28. The second kappa shape index (κ2) is 13.6. The van der Waals surface area contributed by atoms with Crippen LogP contribution in [-0.2, 0) is 6.42 Å². The van der Waals surface area contributed by atoms with Crippen LogP contribution in [0.1, 0.15) is 80.3 Å². The maximum absolute atomic E-state index is 13.6. The number of hydrogen-bond acceptors (Lipinski definition) is 4. The summed E-state index contributed by atoms with van der Waals surface area (Å²) in [6, 6.07) is 9.34. The molecule has 4 nitrogen and oxygen atoms in total. The number of rotatable bonds is 11. The van der Waals surface area contributed by atoms with Gasteiger partial charge in [-0.05, 0) is 68.8 Å². The summed E-state index contributed by atoms with van der Waals surface area (Å²) in [5.41, 5.74) is 3.92. The third-order valence-corrected chi connectivity index (χ3v) is 6.22. The lowest BCUT2D eigenvalue weighted by Gasteiger charge is -2.19. The zero-order chi connectivity index (χ0) is 25.3.